The molecule has 0 spiro atoms. The van der Waals surface area contributed by atoms with Crippen molar-refractivity contribution in [3.8, 4) is 0 Å². The Balaban J connectivity index is 2.36. The van der Waals surface area contributed by atoms with E-state index in [0.29, 0.717) is 10.6 Å². The molecule has 1 N–H and O–H groups in total. The second-order valence-electron chi connectivity index (χ2n) is 4.07. The molecule has 1 aliphatic rings. The van der Waals surface area contributed by atoms with Crippen LogP contribution >= 0.6 is 11.6 Å². The van der Waals surface area contributed by atoms with Gasteiger partial charge < -0.3 is 14.7 Å². The molecule has 1 aliphatic heterocycles. The van der Waals surface area contributed by atoms with Crippen molar-refractivity contribution in [2.45, 2.75) is 12.1 Å². The lowest BCUT2D eigenvalue weighted by atomic mass is 9.99. The predicted octanol–water partition coefficient (Wildman–Crippen LogP) is 1.32. The van der Waals surface area contributed by atoms with Crippen LogP contribution in [0.15, 0.2) is 24.3 Å². The molecule has 0 bridgehead atoms. The Hall–Kier alpha value is -1.59. The van der Waals surface area contributed by atoms with E-state index in [1.54, 1.807) is 24.3 Å². The van der Waals surface area contributed by atoms with Crippen LogP contribution in [0.4, 0.5) is 0 Å². The molecule has 0 radical (unpaired) electrons. The lowest BCUT2D eigenvalue weighted by Gasteiger charge is -2.36. The number of likely N-dealkylation sites (N-methyl/N-ethyl adjacent to an activating group) is 1. The van der Waals surface area contributed by atoms with Crippen LogP contribution in [0.5, 0.6) is 0 Å². The van der Waals surface area contributed by atoms with Gasteiger partial charge in [0.1, 0.15) is 12.7 Å². The average molecular weight is 270 g/mol. The summed E-state index contributed by atoms with van der Waals surface area (Å²) < 4.78 is 5.34. The van der Waals surface area contributed by atoms with E-state index in [1.165, 1.54) is 11.9 Å². The minimum absolute atomic E-state index is 0.128. The maximum atomic E-state index is 11.5. The molecule has 1 amide bonds. The summed E-state index contributed by atoms with van der Waals surface area (Å²) in [5, 5.41) is 9.72. The van der Waals surface area contributed by atoms with Gasteiger partial charge in [-0.25, -0.2) is 4.79 Å². The SMILES string of the molecule is CN1C(=O)COC(c2cccc(Cl)c2)C1C(=O)O. The van der Waals surface area contributed by atoms with Crippen LogP contribution in [0.25, 0.3) is 0 Å². The van der Waals surface area contributed by atoms with Crippen molar-refractivity contribution in [2.75, 3.05) is 13.7 Å². The summed E-state index contributed by atoms with van der Waals surface area (Å²) in [5.41, 5.74) is 0.647. The lowest BCUT2D eigenvalue weighted by molar-refractivity contribution is -0.169. The van der Waals surface area contributed by atoms with Crippen LogP contribution in [-0.4, -0.2) is 41.6 Å². The number of amides is 1. The first-order chi connectivity index (χ1) is 8.50. The van der Waals surface area contributed by atoms with Gasteiger partial charge >= 0.3 is 5.97 Å². The first-order valence-electron chi connectivity index (χ1n) is 5.36. The number of carbonyl (C=O) groups is 2. The summed E-state index contributed by atoms with van der Waals surface area (Å²) in [4.78, 5) is 23.9. The maximum Gasteiger partial charge on any atom is 0.329 e. The largest absolute Gasteiger partial charge is 0.480 e. The number of nitrogens with zero attached hydrogens (tertiary/aromatic N) is 1. The third-order valence-corrected chi connectivity index (χ3v) is 3.15. The Bertz CT molecular complexity index is 491. The number of halogens is 1. The monoisotopic (exact) mass is 269 g/mol. The molecule has 5 nitrogen and oxygen atoms in total. The predicted molar refractivity (Wildman–Crippen MR) is 64.3 cm³/mol. The van der Waals surface area contributed by atoms with Gasteiger partial charge in [0.25, 0.3) is 0 Å². The van der Waals surface area contributed by atoms with Crippen molar-refractivity contribution in [3.63, 3.8) is 0 Å². The number of carbonyl (C=O) groups excluding carboxylic acids is 1. The minimum Gasteiger partial charge on any atom is -0.480 e. The highest BCUT2D eigenvalue weighted by Gasteiger charge is 2.40. The van der Waals surface area contributed by atoms with E-state index in [2.05, 4.69) is 0 Å². The summed E-state index contributed by atoms with van der Waals surface area (Å²) in [6.07, 6.45) is -0.705. The molecule has 18 heavy (non-hydrogen) atoms. The number of hydrogen-bond acceptors (Lipinski definition) is 3. The van der Waals surface area contributed by atoms with Gasteiger partial charge in [0.15, 0.2) is 6.04 Å². The minimum atomic E-state index is -1.10. The van der Waals surface area contributed by atoms with Gasteiger partial charge in [-0.3, -0.25) is 4.79 Å². The van der Waals surface area contributed by atoms with Gasteiger partial charge in [0.2, 0.25) is 5.91 Å². The first-order valence-corrected chi connectivity index (χ1v) is 5.74. The van der Waals surface area contributed by atoms with Crippen molar-refractivity contribution < 1.29 is 19.4 Å². The van der Waals surface area contributed by atoms with Crippen molar-refractivity contribution in [2.24, 2.45) is 0 Å². The van der Waals surface area contributed by atoms with Crippen molar-refractivity contribution >= 4 is 23.5 Å². The van der Waals surface area contributed by atoms with E-state index in [0.717, 1.165) is 0 Å². The molecule has 96 valence electrons. The van der Waals surface area contributed by atoms with E-state index in [4.69, 9.17) is 16.3 Å². The van der Waals surface area contributed by atoms with Gasteiger partial charge in [-0.2, -0.15) is 0 Å². The fourth-order valence-corrected chi connectivity index (χ4v) is 2.17. The van der Waals surface area contributed by atoms with E-state index in [-0.39, 0.29) is 12.5 Å². The highest BCUT2D eigenvalue weighted by molar-refractivity contribution is 6.30. The van der Waals surface area contributed by atoms with E-state index < -0.39 is 18.1 Å². The lowest BCUT2D eigenvalue weighted by Crippen LogP contribution is -2.52. The van der Waals surface area contributed by atoms with Gasteiger partial charge in [-0.15, -0.1) is 0 Å². The number of carboxylic acid groups (broad SMARTS) is 1. The molecule has 1 heterocycles. The van der Waals surface area contributed by atoms with Crippen LogP contribution in [0.1, 0.15) is 11.7 Å². The van der Waals surface area contributed by atoms with E-state index in [9.17, 15) is 14.7 Å². The highest BCUT2D eigenvalue weighted by atomic mass is 35.5. The molecule has 0 aromatic heterocycles. The number of hydrogen-bond donors (Lipinski definition) is 1. The molecular weight excluding hydrogens is 258 g/mol. The van der Waals surface area contributed by atoms with Gasteiger partial charge in [-0.05, 0) is 17.7 Å². The number of rotatable bonds is 2. The summed E-state index contributed by atoms with van der Waals surface area (Å²) >= 11 is 5.87. The highest BCUT2D eigenvalue weighted by Crippen LogP contribution is 2.29. The van der Waals surface area contributed by atoms with E-state index in [1.807, 2.05) is 0 Å². The summed E-state index contributed by atoms with van der Waals surface area (Å²) in [6, 6.07) is 5.75. The van der Waals surface area contributed by atoms with Crippen LogP contribution < -0.4 is 0 Å². The third kappa shape index (κ3) is 2.32. The second-order valence-corrected chi connectivity index (χ2v) is 4.51. The van der Waals surface area contributed by atoms with Crippen LogP contribution in [0, 0.1) is 0 Å². The molecule has 1 aromatic rings. The van der Waals surface area contributed by atoms with E-state index >= 15 is 0 Å². The Morgan fingerprint density at radius 3 is 2.89 bits per heavy atom. The number of morpholine rings is 1. The Morgan fingerprint density at radius 2 is 2.28 bits per heavy atom. The fraction of sp³-hybridized carbons (Fsp3) is 0.333. The quantitative estimate of drug-likeness (QED) is 0.879. The standard InChI is InChI=1S/C12H12ClNO4/c1-14-9(15)6-18-11(10(14)12(16)17)7-3-2-4-8(13)5-7/h2-5,10-11H,6H2,1H3,(H,16,17). The van der Waals surface area contributed by atoms with Crippen LogP contribution in [0.3, 0.4) is 0 Å². The zero-order chi connectivity index (χ0) is 13.3. The number of carboxylic acids is 1. The molecule has 0 aliphatic carbocycles. The molecule has 2 rings (SSSR count). The van der Waals surface area contributed by atoms with Crippen LogP contribution in [-0.2, 0) is 14.3 Å². The molecule has 2 atom stereocenters. The zero-order valence-corrected chi connectivity index (χ0v) is 10.4. The third-order valence-electron chi connectivity index (χ3n) is 2.91. The van der Waals surface area contributed by atoms with Crippen molar-refractivity contribution in [3.05, 3.63) is 34.9 Å². The Labute approximate surface area is 109 Å². The topological polar surface area (TPSA) is 66.8 Å². The fourth-order valence-electron chi connectivity index (χ4n) is 1.97. The molecule has 1 saturated heterocycles. The molecule has 1 aromatic carbocycles. The number of benzene rings is 1. The number of ether oxygens (including phenoxy) is 1. The summed E-state index contributed by atoms with van der Waals surface area (Å²) in [6.45, 7) is -0.128. The average Bonchev–Trinajstić information content (AvgIpc) is 2.32. The summed E-state index contributed by atoms with van der Waals surface area (Å²) in [7, 11) is 1.46. The van der Waals surface area contributed by atoms with Crippen molar-refractivity contribution in [1.29, 1.82) is 0 Å². The van der Waals surface area contributed by atoms with Gasteiger partial charge in [-0.1, -0.05) is 23.7 Å². The zero-order valence-electron chi connectivity index (χ0n) is 9.67. The Kier molecular flexibility index (Phi) is 3.54. The van der Waals surface area contributed by atoms with Gasteiger partial charge in [0, 0.05) is 12.1 Å². The normalized spacial score (nSPS) is 24.1. The Morgan fingerprint density at radius 1 is 1.56 bits per heavy atom. The number of aliphatic carboxylic acids is 1. The molecule has 1 fully saturated rings. The summed E-state index contributed by atoms with van der Waals surface area (Å²) in [5.74, 6) is -1.45. The van der Waals surface area contributed by atoms with Crippen molar-refractivity contribution in [1.82, 2.24) is 4.90 Å². The molecule has 6 heteroatoms. The smallest absolute Gasteiger partial charge is 0.329 e. The molecule has 0 saturated carbocycles. The molecule has 2 unspecified atom stereocenters. The molecular formula is C12H12ClNO4. The second kappa shape index (κ2) is 4.96. The van der Waals surface area contributed by atoms with Gasteiger partial charge in [0.05, 0.1) is 0 Å². The first kappa shape index (κ1) is 12.9. The maximum absolute atomic E-state index is 11.5. The van der Waals surface area contributed by atoms with Crippen LogP contribution in [0.2, 0.25) is 5.02 Å².